The van der Waals surface area contributed by atoms with Crippen LogP contribution in [0, 0.1) is 5.41 Å². The third-order valence-electron chi connectivity index (χ3n) is 2.39. The molecular weight excluding hydrogens is 184 g/mol. The largest absolute Gasteiger partial charge is 0.525 e. The predicted octanol–water partition coefficient (Wildman–Crippen LogP) is 0.916. The smallest absolute Gasteiger partial charge is 0.448 e. The number of carboxylic acid groups (broad SMARTS) is 1. The van der Waals surface area contributed by atoms with Crippen molar-refractivity contribution in [1.82, 2.24) is 10.4 Å². The molecule has 5 nitrogen and oxygen atoms in total. The summed E-state index contributed by atoms with van der Waals surface area (Å²) in [5, 5.41) is 13.3. The first-order valence-corrected chi connectivity index (χ1v) is 4.79. The van der Waals surface area contributed by atoms with E-state index in [4.69, 9.17) is 9.94 Å². The van der Waals surface area contributed by atoms with Gasteiger partial charge in [-0.05, 0) is 5.41 Å². The second-order valence-corrected chi connectivity index (χ2v) is 4.58. The third-order valence-corrected chi connectivity index (χ3v) is 2.39. The zero-order valence-electron chi connectivity index (χ0n) is 8.91. The van der Waals surface area contributed by atoms with E-state index in [9.17, 15) is 4.79 Å². The molecule has 1 rings (SSSR count). The average Bonchev–Trinajstić information content (AvgIpc) is 2.01. The lowest BCUT2D eigenvalue weighted by Gasteiger charge is -2.41. The van der Waals surface area contributed by atoms with Gasteiger partial charge in [-0.25, -0.2) is 4.79 Å². The molecule has 1 atom stereocenters. The van der Waals surface area contributed by atoms with E-state index in [0.717, 1.165) is 13.1 Å². The normalized spacial score (nSPS) is 24.6. The second kappa shape index (κ2) is 4.14. The molecule has 0 radical (unpaired) electrons. The van der Waals surface area contributed by atoms with Crippen LogP contribution >= 0.6 is 0 Å². The molecule has 2 N–H and O–H groups in total. The van der Waals surface area contributed by atoms with E-state index in [0.29, 0.717) is 6.54 Å². The Bertz CT molecular complexity index is 213. The topological polar surface area (TPSA) is 61.8 Å². The Hall–Kier alpha value is -0.810. The van der Waals surface area contributed by atoms with E-state index in [1.165, 1.54) is 0 Å². The highest BCUT2D eigenvalue weighted by Crippen LogP contribution is 2.25. The van der Waals surface area contributed by atoms with Crippen LogP contribution in [0.15, 0.2) is 0 Å². The van der Waals surface area contributed by atoms with Gasteiger partial charge in [-0.3, -0.25) is 0 Å². The summed E-state index contributed by atoms with van der Waals surface area (Å²) in [7, 11) is 0. The van der Waals surface area contributed by atoms with Crippen LogP contribution in [0.5, 0.6) is 0 Å². The van der Waals surface area contributed by atoms with Gasteiger partial charge >= 0.3 is 6.16 Å². The SMILES string of the molecule is CC(C)(C)C1CNCCN1OC(=O)O. The molecule has 0 aromatic rings. The van der Waals surface area contributed by atoms with Gasteiger partial charge in [-0.15, -0.1) is 5.06 Å². The Morgan fingerprint density at radius 3 is 2.71 bits per heavy atom. The molecule has 1 saturated heterocycles. The number of nitrogens with one attached hydrogen (secondary N) is 1. The minimum atomic E-state index is -1.24. The highest BCUT2D eigenvalue weighted by Gasteiger charge is 2.34. The van der Waals surface area contributed by atoms with E-state index < -0.39 is 6.16 Å². The molecule has 82 valence electrons. The predicted molar refractivity (Wildman–Crippen MR) is 51.9 cm³/mol. The number of hydroxylamine groups is 2. The van der Waals surface area contributed by atoms with E-state index in [-0.39, 0.29) is 11.5 Å². The number of piperazine rings is 1. The van der Waals surface area contributed by atoms with Gasteiger partial charge in [0.2, 0.25) is 0 Å². The molecule has 0 amide bonds. The van der Waals surface area contributed by atoms with E-state index >= 15 is 0 Å². The van der Waals surface area contributed by atoms with Crippen molar-refractivity contribution in [3.05, 3.63) is 0 Å². The van der Waals surface area contributed by atoms with Crippen LogP contribution in [-0.2, 0) is 4.84 Å². The van der Waals surface area contributed by atoms with Crippen molar-refractivity contribution >= 4 is 6.16 Å². The maximum Gasteiger partial charge on any atom is 0.525 e. The van der Waals surface area contributed by atoms with Crippen molar-refractivity contribution in [2.45, 2.75) is 26.8 Å². The van der Waals surface area contributed by atoms with E-state index in [2.05, 4.69) is 26.1 Å². The van der Waals surface area contributed by atoms with Gasteiger partial charge in [-0.2, -0.15) is 0 Å². The van der Waals surface area contributed by atoms with Crippen LogP contribution in [0.4, 0.5) is 4.79 Å². The Kier molecular flexibility index (Phi) is 3.34. The van der Waals surface area contributed by atoms with Gasteiger partial charge in [0.1, 0.15) is 0 Å². The van der Waals surface area contributed by atoms with Crippen molar-refractivity contribution in [3.63, 3.8) is 0 Å². The molecular formula is C9H18N2O3. The minimum Gasteiger partial charge on any atom is -0.448 e. The minimum absolute atomic E-state index is 0.00285. The van der Waals surface area contributed by atoms with Crippen molar-refractivity contribution in [2.24, 2.45) is 5.41 Å². The van der Waals surface area contributed by atoms with Crippen LogP contribution in [0.1, 0.15) is 20.8 Å². The highest BCUT2D eigenvalue weighted by atomic mass is 16.8. The molecule has 1 fully saturated rings. The number of hydrogen-bond donors (Lipinski definition) is 2. The summed E-state index contributed by atoms with van der Waals surface area (Å²) in [5.41, 5.74) is 0.00285. The lowest BCUT2D eigenvalue weighted by atomic mass is 9.85. The molecule has 1 aliphatic rings. The first-order chi connectivity index (χ1) is 6.41. The summed E-state index contributed by atoms with van der Waals surface area (Å²) in [4.78, 5) is 15.2. The maximum absolute atomic E-state index is 10.5. The number of nitrogens with zero attached hydrogens (tertiary/aromatic N) is 1. The van der Waals surface area contributed by atoms with Crippen LogP contribution in [-0.4, -0.2) is 42.0 Å². The molecule has 0 aromatic carbocycles. The molecule has 1 aliphatic heterocycles. The highest BCUT2D eigenvalue weighted by molar-refractivity contribution is 5.56. The summed E-state index contributed by atoms with van der Waals surface area (Å²) in [6.07, 6.45) is -1.24. The summed E-state index contributed by atoms with van der Waals surface area (Å²) in [5.74, 6) is 0. The Labute approximate surface area is 84.0 Å². The first-order valence-electron chi connectivity index (χ1n) is 4.79. The van der Waals surface area contributed by atoms with Crippen molar-refractivity contribution in [2.75, 3.05) is 19.6 Å². The van der Waals surface area contributed by atoms with Gasteiger partial charge in [0.15, 0.2) is 0 Å². The van der Waals surface area contributed by atoms with Gasteiger partial charge in [0.05, 0.1) is 6.04 Å². The molecule has 1 unspecified atom stereocenters. The molecule has 0 spiro atoms. The van der Waals surface area contributed by atoms with Gasteiger partial charge in [0, 0.05) is 19.6 Å². The summed E-state index contributed by atoms with van der Waals surface area (Å²) >= 11 is 0. The molecule has 0 saturated carbocycles. The molecule has 14 heavy (non-hydrogen) atoms. The lowest BCUT2D eigenvalue weighted by Crippen LogP contribution is -2.56. The fourth-order valence-corrected chi connectivity index (χ4v) is 1.63. The molecule has 0 aliphatic carbocycles. The van der Waals surface area contributed by atoms with E-state index in [1.807, 2.05) is 0 Å². The van der Waals surface area contributed by atoms with E-state index in [1.54, 1.807) is 5.06 Å². The monoisotopic (exact) mass is 202 g/mol. The zero-order valence-corrected chi connectivity index (χ0v) is 8.91. The standard InChI is InChI=1S/C9H18N2O3/c1-9(2,3)7-6-10-4-5-11(7)14-8(12)13/h7,10H,4-6H2,1-3H3,(H,12,13). The summed E-state index contributed by atoms with van der Waals surface area (Å²) in [6.45, 7) is 8.35. The quantitative estimate of drug-likeness (QED) is 0.662. The summed E-state index contributed by atoms with van der Waals surface area (Å²) in [6, 6.07) is 0.0901. The molecule has 0 aromatic heterocycles. The van der Waals surface area contributed by atoms with Crippen molar-refractivity contribution < 1.29 is 14.7 Å². The fourth-order valence-electron chi connectivity index (χ4n) is 1.63. The second-order valence-electron chi connectivity index (χ2n) is 4.58. The first kappa shape index (κ1) is 11.3. The number of rotatable bonds is 1. The Morgan fingerprint density at radius 1 is 1.57 bits per heavy atom. The van der Waals surface area contributed by atoms with Crippen LogP contribution in [0.3, 0.4) is 0 Å². The van der Waals surface area contributed by atoms with Crippen LogP contribution in [0.2, 0.25) is 0 Å². The molecule has 5 heteroatoms. The Morgan fingerprint density at radius 2 is 2.21 bits per heavy atom. The maximum atomic E-state index is 10.5. The molecule has 1 heterocycles. The summed E-state index contributed by atoms with van der Waals surface area (Å²) < 4.78 is 0. The zero-order chi connectivity index (χ0) is 10.8. The van der Waals surface area contributed by atoms with Gasteiger partial charge < -0.3 is 15.3 Å². The average molecular weight is 202 g/mol. The van der Waals surface area contributed by atoms with Gasteiger partial charge in [0.25, 0.3) is 0 Å². The number of hydrogen-bond acceptors (Lipinski definition) is 4. The van der Waals surface area contributed by atoms with Crippen LogP contribution in [0.25, 0.3) is 0 Å². The number of carbonyl (C=O) groups is 1. The molecule has 0 bridgehead atoms. The van der Waals surface area contributed by atoms with Gasteiger partial charge in [-0.1, -0.05) is 20.8 Å². The Balaban J connectivity index is 2.64. The van der Waals surface area contributed by atoms with Crippen molar-refractivity contribution in [3.8, 4) is 0 Å². The van der Waals surface area contributed by atoms with Crippen molar-refractivity contribution in [1.29, 1.82) is 0 Å². The third kappa shape index (κ3) is 2.85. The fraction of sp³-hybridized carbons (Fsp3) is 0.889. The lowest BCUT2D eigenvalue weighted by molar-refractivity contribution is -0.176. The van der Waals surface area contributed by atoms with Crippen LogP contribution < -0.4 is 5.32 Å².